The van der Waals surface area contributed by atoms with Crippen molar-refractivity contribution in [2.75, 3.05) is 11.5 Å². The van der Waals surface area contributed by atoms with E-state index >= 15 is 0 Å². The molecular formula is C25H29Cl2FN2O7. The molecule has 1 aliphatic heterocycles. The standard InChI is InChI=1S/C25H29Cl2FN2O7/c1-13(18-14(26)8-9-15(28)19(18)27)35-17-12-16-21(31)34-11-10-29(16)20(17)30(22(32)36-24(2,3)4)23(33)37-25(5,6)7/h8-9,12-13H,10-11H2,1-7H3/t13-/m1/s1. The van der Waals surface area contributed by atoms with Gasteiger partial charge in [0, 0.05) is 16.7 Å². The Morgan fingerprint density at radius 3 is 2.19 bits per heavy atom. The van der Waals surface area contributed by atoms with E-state index in [0.717, 1.165) is 6.07 Å². The zero-order chi connectivity index (χ0) is 27.9. The Morgan fingerprint density at radius 2 is 1.65 bits per heavy atom. The van der Waals surface area contributed by atoms with Gasteiger partial charge in [-0.2, -0.15) is 4.90 Å². The second-order valence-electron chi connectivity index (χ2n) is 10.3. The fourth-order valence-electron chi connectivity index (χ4n) is 3.56. The summed E-state index contributed by atoms with van der Waals surface area (Å²) in [4.78, 5) is 39.9. The Hall–Kier alpha value is -2.98. The van der Waals surface area contributed by atoms with E-state index in [1.807, 2.05) is 0 Å². The second kappa shape index (κ2) is 10.4. The van der Waals surface area contributed by atoms with Crippen LogP contribution in [0.15, 0.2) is 18.2 Å². The second-order valence-corrected chi connectivity index (χ2v) is 11.1. The summed E-state index contributed by atoms with van der Waals surface area (Å²) in [6.45, 7) is 11.5. The number of fused-ring (bicyclic) bond motifs is 1. The highest BCUT2D eigenvalue weighted by molar-refractivity contribution is 6.36. The molecule has 2 heterocycles. The third-order valence-electron chi connectivity index (χ3n) is 4.95. The molecule has 1 aromatic heterocycles. The number of esters is 1. The summed E-state index contributed by atoms with van der Waals surface area (Å²) in [5, 5.41) is -0.110. The number of imide groups is 1. The molecule has 0 saturated carbocycles. The maximum atomic E-state index is 14.2. The quantitative estimate of drug-likeness (QED) is 0.228. The van der Waals surface area contributed by atoms with E-state index < -0.39 is 41.3 Å². The van der Waals surface area contributed by atoms with Crippen LogP contribution in [-0.2, 0) is 20.8 Å². The molecule has 0 spiro atoms. The van der Waals surface area contributed by atoms with Crippen LogP contribution in [0.5, 0.6) is 5.75 Å². The topological polar surface area (TPSA) is 96.3 Å². The molecule has 1 aromatic carbocycles. The van der Waals surface area contributed by atoms with Crippen molar-refractivity contribution in [1.29, 1.82) is 0 Å². The van der Waals surface area contributed by atoms with Crippen molar-refractivity contribution < 1.29 is 37.7 Å². The molecule has 37 heavy (non-hydrogen) atoms. The van der Waals surface area contributed by atoms with E-state index in [1.54, 1.807) is 48.5 Å². The van der Waals surface area contributed by atoms with Crippen LogP contribution in [-0.4, -0.2) is 40.5 Å². The number of amides is 2. The van der Waals surface area contributed by atoms with Crippen LogP contribution in [0.25, 0.3) is 0 Å². The van der Waals surface area contributed by atoms with Gasteiger partial charge in [-0.15, -0.1) is 0 Å². The van der Waals surface area contributed by atoms with Gasteiger partial charge in [0.15, 0.2) is 11.6 Å². The van der Waals surface area contributed by atoms with Crippen molar-refractivity contribution in [3.63, 3.8) is 0 Å². The average Bonchev–Trinajstić information content (AvgIpc) is 3.08. The van der Waals surface area contributed by atoms with Crippen LogP contribution in [0.3, 0.4) is 0 Å². The van der Waals surface area contributed by atoms with Gasteiger partial charge < -0.3 is 23.5 Å². The van der Waals surface area contributed by atoms with Crippen LogP contribution in [0.4, 0.5) is 19.8 Å². The lowest BCUT2D eigenvalue weighted by atomic mass is 10.1. The number of carbonyl (C=O) groups is 3. The van der Waals surface area contributed by atoms with Crippen molar-refractivity contribution >= 4 is 47.2 Å². The Balaban J connectivity index is 2.18. The normalized spacial score (nSPS) is 14.4. The van der Waals surface area contributed by atoms with Crippen LogP contribution < -0.4 is 9.64 Å². The summed E-state index contributed by atoms with van der Waals surface area (Å²) >= 11 is 12.4. The Labute approximate surface area is 224 Å². The van der Waals surface area contributed by atoms with E-state index in [2.05, 4.69) is 0 Å². The van der Waals surface area contributed by atoms with Gasteiger partial charge in [-0.1, -0.05) is 23.2 Å². The van der Waals surface area contributed by atoms with E-state index in [1.165, 1.54) is 16.7 Å². The number of carbonyl (C=O) groups excluding carboxylic acids is 3. The summed E-state index contributed by atoms with van der Waals surface area (Å²) in [6.07, 6.45) is -3.07. The summed E-state index contributed by atoms with van der Waals surface area (Å²) < 4.78 is 37.7. The molecule has 0 aliphatic carbocycles. The highest BCUT2D eigenvalue weighted by atomic mass is 35.5. The maximum absolute atomic E-state index is 14.2. The van der Waals surface area contributed by atoms with Crippen molar-refractivity contribution in [3.05, 3.63) is 45.3 Å². The minimum Gasteiger partial charge on any atom is -0.482 e. The van der Waals surface area contributed by atoms with E-state index in [0.29, 0.717) is 4.90 Å². The summed E-state index contributed by atoms with van der Waals surface area (Å²) in [5.74, 6) is -1.59. The molecule has 0 saturated heterocycles. The fraction of sp³-hybridized carbons (Fsp3) is 0.480. The zero-order valence-corrected chi connectivity index (χ0v) is 23.1. The molecule has 1 aliphatic rings. The SMILES string of the molecule is C[C@@H](Oc1cc2n(c1N(C(=O)OC(C)(C)C)C(=O)OC(C)(C)C)CCOC2=O)c1c(Cl)ccc(F)c1Cl. The summed E-state index contributed by atoms with van der Waals surface area (Å²) in [7, 11) is 0. The Bertz CT molecular complexity index is 1200. The highest BCUT2D eigenvalue weighted by Crippen LogP contribution is 2.41. The third-order valence-corrected chi connectivity index (χ3v) is 5.66. The summed E-state index contributed by atoms with van der Waals surface area (Å²) in [5.41, 5.74) is -1.77. The largest absolute Gasteiger partial charge is 0.482 e. The molecule has 2 aromatic rings. The van der Waals surface area contributed by atoms with Crippen molar-refractivity contribution in [1.82, 2.24) is 4.57 Å². The van der Waals surface area contributed by atoms with Gasteiger partial charge in [0.25, 0.3) is 0 Å². The predicted octanol–water partition coefficient (Wildman–Crippen LogP) is 6.92. The minimum atomic E-state index is -1.05. The predicted molar refractivity (Wildman–Crippen MR) is 135 cm³/mol. The van der Waals surface area contributed by atoms with Crippen LogP contribution in [0.2, 0.25) is 10.0 Å². The van der Waals surface area contributed by atoms with Gasteiger partial charge in [0.2, 0.25) is 0 Å². The number of nitrogens with zero attached hydrogens (tertiary/aromatic N) is 2. The molecular weight excluding hydrogens is 530 g/mol. The van der Waals surface area contributed by atoms with Crippen LogP contribution in [0.1, 0.15) is 70.6 Å². The van der Waals surface area contributed by atoms with Gasteiger partial charge in [-0.25, -0.2) is 18.8 Å². The molecule has 0 unspecified atom stereocenters. The van der Waals surface area contributed by atoms with Gasteiger partial charge in [-0.3, -0.25) is 0 Å². The lowest BCUT2D eigenvalue weighted by molar-refractivity contribution is 0.0385. The molecule has 12 heteroatoms. The number of halogens is 3. The molecule has 9 nitrogen and oxygen atoms in total. The van der Waals surface area contributed by atoms with Gasteiger partial charge >= 0.3 is 18.2 Å². The number of cyclic esters (lactones) is 1. The Morgan fingerprint density at radius 1 is 1.08 bits per heavy atom. The smallest absolute Gasteiger partial charge is 0.425 e. The van der Waals surface area contributed by atoms with Crippen molar-refractivity contribution in [3.8, 4) is 5.75 Å². The van der Waals surface area contributed by atoms with Gasteiger partial charge in [0.1, 0.15) is 35.4 Å². The van der Waals surface area contributed by atoms with Gasteiger partial charge in [-0.05, 0) is 60.6 Å². The molecule has 1 atom stereocenters. The number of hydrogen-bond donors (Lipinski definition) is 0. The minimum absolute atomic E-state index is 0.0134. The van der Waals surface area contributed by atoms with Gasteiger partial charge in [0.05, 0.1) is 11.6 Å². The zero-order valence-electron chi connectivity index (χ0n) is 21.6. The first kappa shape index (κ1) is 28.6. The first-order valence-corrected chi connectivity index (χ1v) is 12.2. The first-order chi connectivity index (χ1) is 17.0. The number of benzene rings is 1. The van der Waals surface area contributed by atoms with E-state index in [-0.39, 0.29) is 46.0 Å². The average molecular weight is 559 g/mol. The van der Waals surface area contributed by atoms with E-state index in [4.69, 9.17) is 42.1 Å². The first-order valence-electron chi connectivity index (χ1n) is 11.5. The number of anilines is 1. The fourth-order valence-corrected chi connectivity index (χ4v) is 4.24. The molecule has 3 rings (SSSR count). The Kier molecular flexibility index (Phi) is 8.05. The molecule has 2 amide bonds. The maximum Gasteiger partial charge on any atom is 0.425 e. The number of ether oxygens (including phenoxy) is 4. The summed E-state index contributed by atoms with van der Waals surface area (Å²) in [6, 6.07) is 3.76. The highest BCUT2D eigenvalue weighted by Gasteiger charge is 2.40. The number of aromatic nitrogens is 1. The van der Waals surface area contributed by atoms with Crippen molar-refractivity contribution in [2.45, 2.75) is 72.3 Å². The third kappa shape index (κ3) is 6.48. The monoisotopic (exact) mass is 558 g/mol. The molecule has 0 bridgehead atoms. The number of rotatable bonds is 4. The van der Waals surface area contributed by atoms with Crippen molar-refractivity contribution in [2.24, 2.45) is 0 Å². The number of hydrogen-bond acceptors (Lipinski definition) is 7. The molecule has 0 N–H and O–H groups in total. The van der Waals surface area contributed by atoms with Crippen LogP contribution in [0, 0.1) is 5.82 Å². The lowest BCUT2D eigenvalue weighted by Crippen LogP contribution is -2.45. The molecule has 0 fully saturated rings. The van der Waals surface area contributed by atoms with Crippen LogP contribution >= 0.6 is 23.2 Å². The van der Waals surface area contributed by atoms with E-state index in [9.17, 15) is 18.8 Å². The molecule has 0 radical (unpaired) electrons. The lowest BCUT2D eigenvalue weighted by Gasteiger charge is -2.30. The molecule has 202 valence electrons.